The van der Waals surface area contributed by atoms with Crippen molar-refractivity contribution in [2.75, 3.05) is 14.2 Å². The van der Waals surface area contributed by atoms with Crippen molar-refractivity contribution in [2.45, 2.75) is 32.5 Å². The molecular formula is C31H32O4. The third kappa shape index (κ3) is 6.15. The van der Waals surface area contributed by atoms with Crippen molar-refractivity contribution in [3.63, 3.8) is 0 Å². The molecule has 0 saturated heterocycles. The summed E-state index contributed by atoms with van der Waals surface area (Å²) in [4.78, 5) is 0. The summed E-state index contributed by atoms with van der Waals surface area (Å²) in [5.74, 6) is 3.39. The van der Waals surface area contributed by atoms with E-state index in [1.165, 1.54) is 11.1 Å². The fourth-order valence-electron chi connectivity index (χ4n) is 3.88. The fourth-order valence-corrected chi connectivity index (χ4v) is 3.88. The summed E-state index contributed by atoms with van der Waals surface area (Å²) in [6, 6.07) is 32.5. The molecule has 180 valence electrons. The molecule has 35 heavy (non-hydrogen) atoms. The molecule has 0 aromatic heterocycles. The van der Waals surface area contributed by atoms with Gasteiger partial charge in [-0.3, -0.25) is 0 Å². The molecule has 0 heterocycles. The Morgan fingerprint density at radius 2 is 0.771 bits per heavy atom. The van der Waals surface area contributed by atoms with Crippen LogP contribution in [-0.4, -0.2) is 14.2 Å². The third-order valence-electron chi connectivity index (χ3n) is 6.28. The number of methoxy groups -OCH3 is 2. The SMILES string of the molecule is COc1ccc(COc2ccc(C(C)(C)c3ccc(OCc4ccc(OC)cc4)cc3)cc2)cc1. The maximum Gasteiger partial charge on any atom is 0.119 e. The Bertz CT molecular complexity index is 1100. The molecule has 0 fully saturated rings. The zero-order valence-corrected chi connectivity index (χ0v) is 20.8. The normalized spacial score (nSPS) is 11.1. The Morgan fingerprint density at radius 1 is 0.457 bits per heavy atom. The second-order valence-corrected chi connectivity index (χ2v) is 8.95. The maximum absolute atomic E-state index is 5.97. The van der Waals surface area contributed by atoms with Crippen LogP contribution >= 0.6 is 0 Å². The number of hydrogen-bond donors (Lipinski definition) is 0. The monoisotopic (exact) mass is 468 g/mol. The van der Waals surface area contributed by atoms with Gasteiger partial charge in [0.25, 0.3) is 0 Å². The van der Waals surface area contributed by atoms with E-state index >= 15 is 0 Å². The topological polar surface area (TPSA) is 36.9 Å². The standard InChI is InChI=1S/C31H32O4/c1-31(2,25-9-17-29(18-10-25)34-21-23-5-13-27(32-3)14-6-23)26-11-19-30(20-12-26)35-22-24-7-15-28(33-4)16-8-24/h5-20H,21-22H2,1-4H3. The van der Waals surface area contributed by atoms with Gasteiger partial charge in [-0.1, -0.05) is 62.4 Å². The van der Waals surface area contributed by atoms with E-state index in [4.69, 9.17) is 18.9 Å². The van der Waals surface area contributed by atoms with E-state index in [0.29, 0.717) is 13.2 Å². The Hall–Kier alpha value is -3.92. The van der Waals surface area contributed by atoms with Crippen molar-refractivity contribution >= 4 is 0 Å². The average molecular weight is 469 g/mol. The molecule has 4 rings (SSSR count). The van der Waals surface area contributed by atoms with E-state index in [1.54, 1.807) is 14.2 Å². The van der Waals surface area contributed by atoms with E-state index < -0.39 is 0 Å². The molecule has 0 N–H and O–H groups in total. The molecule has 0 atom stereocenters. The van der Waals surface area contributed by atoms with Gasteiger partial charge in [-0.05, 0) is 70.8 Å². The summed E-state index contributed by atoms with van der Waals surface area (Å²) in [6.45, 7) is 5.50. The first kappa shape index (κ1) is 24.2. The highest BCUT2D eigenvalue weighted by atomic mass is 16.5. The Morgan fingerprint density at radius 3 is 1.09 bits per heavy atom. The van der Waals surface area contributed by atoms with E-state index in [-0.39, 0.29) is 5.41 Å². The highest BCUT2D eigenvalue weighted by Gasteiger charge is 2.23. The van der Waals surface area contributed by atoms with Crippen LogP contribution in [0.3, 0.4) is 0 Å². The molecule has 0 saturated carbocycles. The molecule has 0 bridgehead atoms. The maximum atomic E-state index is 5.97. The first-order chi connectivity index (χ1) is 17.0. The first-order valence-electron chi connectivity index (χ1n) is 11.7. The van der Waals surface area contributed by atoms with Crippen molar-refractivity contribution in [3.05, 3.63) is 119 Å². The molecule has 0 aliphatic heterocycles. The number of benzene rings is 4. The molecule has 0 radical (unpaired) electrons. The lowest BCUT2D eigenvalue weighted by atomic mass is 9.78. The molecule has 0 aliphatic rings. The van der Waals surface area contributed by atoms with Gasteiger partial charge < -0.3 is 18.9 Å². The number of hydrogen-bond acceptors (Lipinski definition) is 4. The molecule has 0 amide bonds. The van der Waals surface area contributed by atoms with Crippen LogP contribution in [-0.2, 0) is 18.6 Å². The van der Waals surface area contributed by atoms with Gasteiger partial charge in [0, 0.05) is 5.41 Å². The van der Waals surface area contributed by atoms with Crippen LogP contribution in [0.1, 0.15) is 36.1 Å². The zero-order valence-electron chi connectivity index (χ0n) is 20.8. The highest BCUT2D eigenvalue weighted by Crippen LogP contribution is 2.33. The Kier molecular flexibility index (Phi) is 7.61. The largest absolute Gasteiger partial charge is 0.497 e. The molecule has 0 spiro atoms. The van der Waals surface area contributed by atoms with Gasteiger partial charge in [0.1, 0.15) is 36.2 Å². The predicted octanol–water partition coefficient (Wildman–Crippen LogP) is 7.19. The predicted molar refractivity (Wildman–Crippen MR) is 140 cm³/mol. The van der Waals surface area contributed by atoms with Crippen molar-refractivity contribution in [2.24, 2.45) is 0 Å². The molecular weight excluding hydrogens is 436 g/mol. The van der Waals surface area contributed by atoms with Crippen LogP contribution in [0.4, 0.5) is 0 Å². The van der Waals surface area contributed by atoms with Crippen molar-refractivity contribution in [1.82, 2.24) is 0 Å². The van der Waals surface area contributed by atoms with Gasteiger partial charge in [0.05, 0.1) is 14.2 Å². The zero-order chi connectivity index (χ0) is 24.7. The fraction of sp³-hybridized carbons (Fsp3) is 0.226. The molecule has 4 aromatic rings. The number of ether oxygens (including phenoxy) is 4. The van der Waals surface area contributed by atoms with Gasteiger partial charge in [0.2, 0.25) is 0 Å². The minimum atomic E-state index is -0.150. The molecule has 4 heteroatoms. The van der Waals surface area contributed by atoms with Gasteiger partial charge in [-0.2, -0.15) is 0 Å². The van der Waals surface area contributed by atoms with E-state index in [0.717, 1.165) is 34.1 Å². The smallest absolute Gasteiger partial charge is 0.119 e. The minimum Gasteiger partial charge on any atom is -0.497 e. The summed E-state index contributed by atoms with van der Waals surface area (Å²) in [7, 11) is 3.33. The van der Waals surface area contributed by atoms with E-state index in [2.05, 4.69) is 38.1 Å². The van der Waals surface area contributed by atoms with E-state index in [9.17, 15) is 0 Å². The highest BCUT2D eigenvalue weighted by molar-refractivity contribution is 5.42. The van der Waals surface area contributed by atoms with Gasteiger partial charge in [-0.25, -0.2) is 0 Å². The van der Waals surface area contributed by atoms with Crippen LogP contribution in [0, 0.1) is 0 Å². The van der Waals surface area contributed by atoms with Gasteiger partial charge in [-0.15, -0.1) is 0 Å². The number of rotatable bonds is 10. The summed E-state index contributed by atoms with van der Waals surface area (Å²) in [5, 5.41) is 0. The van der Waals surface area contributed by atoms with E-state index in [1.807, 2.05) is 72.8 Å². The molecule has 4 nitrogen and oxygen atoms in total. The summed E-state index contributed by atoms with van der Waals surface area (Å²) < 4.78 is 22.3. The Balaban J connectivity index is 1.35. The lowest BCUT2D eigenvalue weighted by Gasteiger charge is -2.26. The third-order valence-corrected chi connectivity index (χ3v) is 6.28. The van der Waals surface area contributed by atoms with Crippen LogP contribution in [0.2, 0.25) is 0 Å². The van der Waals surface area contributed by atoms with Crippen molar-refractivity contribution in [1.29, 1.82) is 0 Å². The lowest BCUT2D eigenvalue weighted by molar-refractivity contribution is 0.305. The van der Waals surface area contributed by atoms with Crippen molar-refractivity contribution < 1.29 is 18.9 Å². The minimum absolute atomic E-state index is 0.150. The quantitative estimate of drug-likeness (QED) is 0.247. The Labute approximate surface area is 208 Å². The van der Waals surface area contributed by atoms with Gasteiger partial charge in [0.15, 0.2) is 0 Å². The average Bonchev–Trinajstić information content (AvgIpc) is 2.92. The molecule has 4 aromatic carbocycles. The van der Waals surface area contributed by atoms with Crippen LogP contribution in [0.15, 0.2) is 97.1 Å². The van der Waals surface area contributed by atoms with Crippen molar-refractivity contribution in [3.8, 4) is 23.0 Å². The van der Waals surface area contributed by atoms with Crippen LogP contribution in [0.5, 0.6) is 23.0 Å². The summed E-state index contributed by atoms with van der Waals surface area (Å²) >= 11 is 0. The second kappa shape index (κ2) is 11.0. The first-order valence-corrected chi connectivity index (χ1v) is 11.7. The lowest BCUT2D eigenvalue weighted by Crippen LogP contribution is -2.18. The molecule has 0 aliphatic carbocycles. The molecule has 0 unspecified atom stereocenters. The van der Waals surface area contributed by atoms with Gasteiger partial charge >= 0.3 is 0 Å². The summed E-state index contributed by atoms with van der Waals surface area (Å²) in [6.07, 6.45) is 0. The summed E-state index contributed by atoms with van der Waals surface area (Å²) in [5.41, 5.74) is 4.50. The second-order valence-electron chi connectivity index (χ2n) is 8.95. The van der Waals surface area contributed by atoms with Crippen LogP contribution < -0.4 is 18.9 Å². The van der Waals surface area contributed by atoms with Crippen LogP contribution in [0.25, 0.3) is 0 Å².